The van der Waals surface area contributed by atoms with Gasteiger partial charge < -0.3 is 5.11 Å². The Labute approximate surface area is 163 Å². The highest BCUT2D eigenvalue weighted by Gasteiger charge is 2.26. The molecule has 1 aromatic heterocycles. The number of nitrogens with zero attached hydrogens (tertiary/aromatic N) is 2. The number of hydrogen-bond donors (Lipinski definition) is 2. The lowest BCUT2D eigenvalue weighted by Crippen LogP contribution is -2.18. The largest absolute Gasteiger partial charge is 0.507 e. The third-order valence-electron chi connectivity index (χ3n) is 4.70. The van der Waals surface area contributed by atoms with Crippen molar-refractivity contribution in [3.63, 3.8) is 0 Å². The van der Waals surface area contributed by atoms with Gasteiger partial charge in [0.1, 0.15) is 5.75 Å². The molecule has 1 N–H and O–H groups in total. The van der Waals surface area contributed by atoms with Gasteiger partial charge in [0, 0.05) is 17.3 Å². The maximum atomic E-state index is 10.8. The van der Waals surface area contributed by atoms with Crippen molar-refractivity contribution in [1.29, 1.82) is 5.26 Å². The normalized spacial score (nSPS) is 12.2. The molecule has 0 fully saturated rings. The average Bonchev–Trinajstić information content (AvgIpc) is 2.87. The monoisotopic (exact) mass is 370 g/mol. The summed E-state index contributed by atoms with van der Waals surface area (Å²) in [6.07, 6.45) is 8.46. The van der Waals surface area contributed by atoms with E-state index in [1.807, 2.05) is 6.20 Å². The second-order valence-electron chi connectivity index (χ2n) is 9.07. The van der Waals surface area contributed by atoms with Crippen LogP contribution in [0.3, 0.4) is 0 Å². The van der Waals surface area contributed by atoms with Gasteiger partial charge in [0.2, 0.25) is 0 Å². The molecule has 0 radical (unpaired) electrons. The van der Waals surface area contributed by atoms with E-state index in [9.17, 15) is 5.11 Å². The van der Waals surface area contributed by atoms with Crippen LogP contribution >= 0.6 is 12.6 Å². The zero-order valence-corrected chi connectivity index (χ0v) is 17.6. The minimum Gasteiger partial charge on any atom is -0.507 e. The number of thiol groups is 1. The number of hydrogen-bond acceptors (Lipinski definition) is 3. The summed E-state index contributed by atoms with van der Waals surface area (Å²) in [5.41, 5.74) is 4.14. The van der Waals surface area contributed by atoms with Crippen molar-refractivity contribution in [2.24, 2.45) is 0 Å². The first-order valence-corrected chi connectivity index (χ1v) is 9.55. The third kappa shape index (κ3) is 4.65. The Hall–Kier alpha value is -1.86. The van der Waals surface area contributed by atoms with Gasteiger partial charge in [0.05, 0.1) is 0 Å². The molecule has 0 spiro atoms. The number of aromatic hydroxyl groups is 1. The van der Waals surface area contributed by atoms with Gasteiger partial charge >= 0.3 is 0 Å². The summed E-state index contributed by atoms with van der Waals surface area (Å²) in [6.45, 7) is 12.8. The highest BCUT2D eigenvalue weighted by Crippen LogP contribution is 2.40. The fraction of sp³-hybridized carbons (Fsp3) is 0.500. The van der Waals surface area contributed by atoms with Crippen LogP contribution in [0.5, 0.6) is 5.75 Å². The predicted molar refractivity (Wildman–Crippen MR) is 110 cm³/mol. The lowest BCUT2D eigenvalue weighted by atomic mass is 9.78. The van der Waals surface area contributed by atoms with Gasteiger partial charge in [-0.15, -0.1) is 12.6 Å². The molecule has 1 heterocycles. The number of aromatic nitrogens is 1. The van der Waals surface area contributed by atoms with Crippen LogP contribution in [0.15, 0.2) is 29.4 Å². The molecule has 0 aliphatic carbocycles. The molecule has 2 rings (SSSR count). The second-order valence-corrected chi connectivity index (χ2v) is 9.55. The summed E-state index contributed by atoms with van der Waals surface area (Å²) in [4.78, 5) is 0.864. The fourth-order valence-electron chi connectivity index (χ4n) is 3.20. The maximum absolute atomic E-state index is 10.8. The minimum absolute atomic E-state index is 0.109. The summed E-state index contributed by atoms with van der Waals surface area (Å²) in [7, 11) is 0. The van der Waals surface area contributed by atoms with Gasteiger partial charge in [-0.2, -0.15) is 5.26 Å². The molecular formula is C22H30N2OS. The van der Waals surface area contributed by atoms with Gasteiger partial charge in [-0.05, 0) is 52.3 Å². The SMILES string of the molecule is CC(C)(C)c1cc(CCCc2cn(C#N)cc2S)cc(C(C)(C)C)c1O. The Kier molecular flexibility index (Phi) is 5.82. The van der Waals surface area contributed by atoms with Crippen LogP contribution in [0.25, 0.3) is 0 Å². The smallest absolute Gasteiger partial charge is 0.188 e. The molecular weight excluding hydrogens is 340 g/mol. The third-order valence-corrected chi connectivity index (χ3v) is 5.10. The molecule has 26 heavy (non-hydrogen) atoms. The lowest BCUT2D eigenvalue weighted by Gasteiger charge is -2.28. The molecule has 0 aliphatic heterocycles. The molecule has 0 saturated heterocycles. The van der Waals surface area contributed by atoms with Crippen molar-refractivity contribution in [2.75, 3.05) is 0 Å². The summed E-state index contributed by atoms with van der Waals surface area (Å²) in [6, 6.07) is 4.29. The summed E-state index contributed by atoms with van der Waals surface area (Å²) < 4.78 is 1.49. The summed E-state index contributed by atoms with van der Waals surface area (Å²) >= 11 is 4.45. The molecule has 0 unspecified atom stereocenters. The molecule has 4 heteroatoms. The van der Waals surface area contributed by atoms with E-state index in [0.29, 0.717) is 5.75 Å². The molecule has 0 bridgehead atoms. The van der Waals surface area contributed by atoms with Crippen LogP contribution in [0.4, 0.5) is 0 Å². The number of rotatable bonds is 4. The highest BCUT2D eigenvalue weighted by molar-refractivity contribution is 7.80. The van der Waals surface area contributed by atoms with Crippen molar-refractivity contribution in [1.82, 2.24) is 4.57 Å². The topological polar surface area (TPSA) is 49.0 Å². The molecule has 2 aromatic rings. The van der Waals surface area contributed by atoms with Crippen LogP contribution in [0.1, 0.15) is 70.2 Å². The van der Waals surface area contributed by atoms with Crippen molar-refractivity contribution in [2.45, 2.75) is 76.5 Å². The minimum atomic E-state index is -0.109. The van der Waals surface area contributed by atoms with Crippen molar-refractivity contribution in [3.05, 3.63) is 46.8 Å². The Balaban J connectivity index is 2.26. The van der Waals surface area contributed by atoms with Crippen molar-refractivity contribution < 1.29 is 5.11 Å². The Morgan fingerprint density at radius 2 is 1.54 bits per heavy atom. The first-order valence-electron chi connectivity index (χ1n) is 9.10. The number of benzene rings is 1. The Morgan fingerprint density at radius 3 is 1.96 bits per heavy atom. The van der Waals surface area contributed by atoms with Gasteiger partial charge in [0.15, 0.2) is 6.19 Å². The maximum Gasteiger partial charge on any atom is 0.188 e. The van der Waals surface area contributed by atoms with E-state index >= 15 is 0 Å². The van der Waals surface area contributed by atoms with Crippen LogP contribution < -0.4 is 0 Å². The van der Waals surface area contributed by atoms with E-state index in [1.165, 1.54) is 10.1 Å². The van der Waals surface area contributed by atoms with E-state index in [0.717, 1.165) is 40.8 Å². The standard InChI is InChI=1S/C22H30N2OS/c1-21(2,3)17-10-15(11-18(20(17)25)22(4,5)6)8-7-9-16-12-24(14-23)13-19(16)26/h10-13,25-26H,7-9H2,1-6H3. The lowest BCUT2D eigenvalue weighted by molar-refractivity contribution is 0.422. The molecule has 0 atom stereocenters. The van der Waals surface area contributed by atoms with Crippen LogP contribution in [0, 0.1) is 11.5 Å². The summed E-state index contributed by atoms with van der Waals surface area (Å²) in [5.74, 6) is 0.428. The molecule has 1 aromatic carbocycles. The molecule has 140 valence electrons. The average molecular weight is 371 g/mol. The zero-order chi connectivity index (χ0) is 19.7. The van der Waals surface area contributed by atoms with Crippen LogP contribution in [-0.4, -0.2) is 9.67 Å². The predicted octanol–water partition coefficient (Wildman–Crippen LogP) is 5.58. The quantitative estimate of drug-likeness (QED) is 0.690. The number of phenols is 1. The zero-order valence-electron chi connectivity index (χ0n) is 16.7. The highest BCUT2D eigenvalue weighted by atomic mass is 32.1. The molecule has 0 amide bonds. The van der Waals surface area contributed by atoms with Gasteiger partial charge in [-0.3, -0.25) is 4.57 Å². The van der Waals surface area contributed by atoms with Crippen molar-refractivity contribution in [3.8, 4) is 11.9 Å². The van der Waals surface area contributed by atoms with Gasteiger partial charge in [-0.1, -0.05) is 53.7 Å². The second kappa shape index (κ2) is 7.40. The summed E-state index contributed by atoms with van der Waals surface area (Å²) in [5, 5.41) is 19.8. The number of aryl methyl sites for hydroxylation is 2. The molecule has 0 saturated carbocycles. The van der Waals surface area contributed by atoms with Gasteiger partial charge in [-0.25, -0.2) is 0 Å². The Bertz CT molecular complexity index is 794. The van der Waals surface area contributed by atoms with E-state index in [2.05, 4.69) is 72.5 Å². The fourth-order valence-corrected chi connectivity index (χ4v) is 3.50. The number of nitriles is 1. The number of phenolic OH excluding ortho intramolecular Hbond substituents is 1. The van der Waals surface area contributed by atoms with E-state index < -0.39 is 0 Å². The van der Waals surface area contributed by atoms with E-state index in [-0.39, 0.29) is 10.8 Å². The van der Waals surface area contributed by atoms with Gasteiger partial charge in [0.25, 0.3) is 0 Å². The molecule has 0 aliphatic rings. The van der Waals surface area contributed by atoms with Crippen molar-refractivity contribution >= 4 is 12.6 Å². The van der Waals surface area contributed by atoms with Crippen LogP contribution in [0.2, 0.25) is 0 Å². The first kappa shape index (κ1) is 20.5. The van der Waals surface area contributed by atoms with E-state index in [1.54, 1.807) is 6.20 Å². The van der Waals surface area contributed by atoms with E-state index in [4.69, 9.17) is 5.26 Å². The molecule has 3 nitrogen and oxygen atoms in total. The van der Waals surface area contributed by atoms with Crippen LogP contribution in [-0.2, 0) is 23.7 Å². The first-order chi connectivity index (χ1) is 11.9. The Morgan fingerprint density at radius 1 is 1.00 bits per heavy atom.